The highest BCUT2D eigenvalue weighted by molar-refractivity contribution is 5.90. The van der Waals surface area contributed by atoms with Gasteiger partial charge in [-0.05, 0) is 31.0 Å². The van der Waals surface area contributed by atoms with Gasteiger partial charge in [-0.2, -0.15) is 0 Å². The van der Waals surface area contributed by atoms with E-state index in [1.165, 1.54) is 7.11 Å². The number of hydrogen-bond donors (Lipinski definition) is 1. The van der Waals surface area contributed by atoms with E-state index in [0.717, 1.165) is 24.2 Å². The van der Waals surface area contributed by atoms with Crippen LogP contribution in [0.4, 0.5) is 0 Å². The molecule has 1 aromatic carbocycles. The van der Waals surface area contributed by atoms with E-state index >= 15 is 0 Å². The van der Waals surface area contributed by atoms with E-state index in [0.29, 0.717) is 5.56 Å². The van der Waals surface area contributed by atoms with Gasteiger partial charge in [-0.1, -0.05) is 12.1 Å². The van der Waals surface area contributed by atoms with Crippen molar-refractivity contribution in [2.24, 2.45) is 0 Å². The number of ether oxygens (including phenoxy) is 2. The molecule has 4 nitrogen and oxygen atoms in total. The molecule has 0 unspecified atom stereocenters. The summed E-state index contributed by atoms with van der Waals surface area (Å²) < 4.78 is 10.6. The van der Waals surface area contributed by atoms with Crippen LogP contribution in [0.2, 0.25) is 0 Å². The lowest BCUT2D eigenvalue weighted by atomic mass is 10.0. The number of morpholine rings is 1. The average molecular weight is 249 g/mol. The summed E-state index contributed by atoms with van der Waals surface area (Å²) in [5, 5.41) is 3.33. The standard InChI is InChI=1S/C14H19NO3/c1-9-6-11(4-5-12(9)14(16)17-3)13-8-15-7-10(2)18-13/h4-6,10,13,15H,7-8H2,1-3H3/t10-,13-/m0/s1. The fraction of sp³-hybridized carbons (Fsp3) is 0.500. The van der Waals surface area contributed by atoms with Gasteiger partial charge in [-0.15, -0.1) is 0 Å². The Labute approximate surface area is 107 Å². The van der Waals surface area contributed by atoms with Crippen LogP contribution in [0.5, 0.6) is 0 Å². The molecule has 0 spiro atoms. The van der Waals surface area contributed by atoms with Gasteiger partial charge >= 0.3 is 5.97 Å². The first-order chi connectivity index (χ1) is 8.61. The monoisotopic (exact) mass is 249 g/mol. The zero-order valence-corrected chi connectivity index (χ0v) is 11.0. The van der Waals surface area contributed by atoms with Crippen molar-refractivity contribution in [3.63, 3.8) is 0 Å². The Hall–Kier alpha value is -1.39. The van der Waals surface area contributed by atoms with Gasteiger partial charge in [-0.3, -0.25) is 0 Å². The lowest BCUT2D eigenvalue weighted by molar-refractivity contribution is -0.0287. The third-order valence-corrected chi connectivity index (χ3v) is 3.19. The number of methoxy groups -OCH3 is 1. The number of nitrogens with one attached hydrogen (secondary N) is 1. The molecule has 18 heavy (non-hydrogen) atoms. The quantitative estimate of drug-likeness (QED) is 0.812. The normalized spacial score (nSPS) is 23.7. The van der Waals surface area contributed by atoms with E-state index in [2.05, 4.69) is 12.2 Å². The topological polar surface area (TPSA) is 47.6 Å². The van der Waals surface area contributed by atoms with Gasteiger partial charge in [-0.25, -0.2) is 4.79 Å². The van der Waals surface area contributed by atoms with Crippen molar-refractivity contribution in [1.29, 1.82) is 0 Å². The first kappa shape index (κ1) is 13.1. The second-order valence-electron chi connectivity index (χ2n) is 4.66. The fourth-order valence-electron chi connectivity index (χ4n) is 2.22. The zero-order valence-electron chi connectivity index (χ0n) is 11.0. The molecule has 2 rings (SSSR count). The minimum absolute atomic E-state index is 0.0548. The van der Waals surface area contributed by atoms with E-state index < -0.39 is 0 Å². The van der Waals surface area contributed by atoms with Crippen LogP contribution in [0.1, 0.15) is 34.5 Å². The van der Waals surface area contributed by atoms with Crippen LogP contribution < -0.4 is 5.32 Å². The summed E-state index contributed by atoms with van der Waals surface area (Å²) in [4.78, 5) is 11.5. The van der Waals surface area contributed by atoms with Crippen molar-refractivity contribution in [2.75, 3.05) is 20.2 Å². The molecule has 0 aromatic heterocycles. The maximum atomic E-state index is 11.5. The molecule has 4 heteroatoms. The number of esters is 1. The van der Waals surface area contributed by atoms with Crippen LogP contribution in [-0.4, -0.2) is 32.3 Å². The summed E-state index contributed by atoms with van der Waals surface area (Å²) in [6.07, 6.45) is 0.267. The maximum Gasteiger partial charge on any atom is 0.338 e. The molecule has 0 radical (unpaired) electrons. The molecule has 1 aliphatic heterocycles. The van der Waals surface area contributed by atoms with Crippen molar-refractivity contribution >= 4 is 5.97 Å². The van der Waals surface area contributed by atoms with Gasteiger partial charge < -0.3 is 14.8 Å². The van der Waals surface area contributed by atoms with Crippen LogP contribution in [0.3, 0.4) is 0 Å². The van der Waals surface area contributed by atoms with Crippen LogP contribution in [0.25, 0.3) is 0 Å². The predicted molar refractivity (Wildman–Crippen MR) is 68.7 cm³/mol. The molecule has 1 saturated heterocycles. The summed E-state index contributed by atoms with van der Waals surface area (Å²) in [6.45, 7) is 5.65. The fourth-order valence-corrected chi connectivity index (χ4v) is 2.22. The Balaban J connectivity index is 2.20. The molecule has 0 bridgehead atoms. The SMILES string of the molecule is COC(=O)c1ccc([C@@H]2CNC[C@H](C)O2)cc1C. The molecule has 0 aliphatic carbocycles. The van der Waals surface area contributed by atoms with Crippen LogP contribution in [0.15, 0.2) is 18.2 Å². The Morgan fingerprint density at radius 2 is 2.22 bits per heavy atom. The average Bonchev–Trinajstić information content (AvgIpc) is 2.37. The first-order valence-electron chi connectivity index (χ1n) is 6.17. The van der Waals surface area contributed by atoms with Crippen LogP contribution >= 0.6 is 0 Å². The van der Waals surface area contributed by atoms with Gasteiger partial charge in [0.2, 0.25) is 0 Å². The molecular weight excluding hydrogens is 230 g/mol. The molecule has 0 saturated carbocycles. The maximum absolute atomic E-state index is 11.5. The Bertz CT molecular complexity index is 445. The summed E-state index contributed by atoms with van der Waals surface area (Å²) in [5.74, 6) is -0.296. The number of rotatable bonds is 2. The van der Waals surface area contributed by atoms with Crippen molar-refractivity contribution in [2.45, 2.75) is 26.1 Å². The molecule has 1 aromatic rings. The largest absolute Gasteiger partial charge is 0.465 e. The van der Waals surface area contributed by atoms with E-state index in [1.54, 1.807) is 6.07 Å². The smallest absolute Gasteiger partial charge is 0.338 e. The lowest BCUT2D eigenvalue weighted by Crippen LogP contribution is -2.38. The van der Waals surface area contributed by atoms with Crippen LogP contribution in [-0.2, 0) is 9.47 Å². The summed E-state index contributed by atoms with van der Waals surface area (Å²) >= 11 is 0. The summed E-state index contributed by atoms with van der Waals surface area (Å²) in [7, 11) is 1.39. The van der Waals surface area contributed by atoms with Gasteiger partial charge in [0.05, 0.1) is 24.9 Å². The number of aryl methyl sites for hydroxylation is 1. The lowest BCUT2D eigenvalue weighted by Gasteiger charge is -2.29. The number of benzene rings is 1. The van der Waals surface area contributed by atoms with Gasteiger partial charge in [0, 0.05) is 13.1 Å². The highest BCUT2D eigenvalue weighted by atomic mass is 16.5. The van der Waals surface area contributed by atoms with Crippen molar-refractivity contribution in [3.05, 3.63) is 34.9 Å². The highest BCUT2D eigenvalue weighted by Crippen LogP contribution is 2.23. The summed E-state index contributed by atoms with van der Waals surface area (Å²) in [5.41, 5.74) is 2.62. The molecule has 0 amide bonds. The molecule has 1 N–H and O–H groups in total. The molecule has 1 aliphatic rings. The van der Waals surface area contributed by atoms with Crippen molar-refractivity contribution in [3.8, 4) is 0 Å². The van der Waals surface area contributed by atoms with Crippen LogP contribution in [0, 0.1) is 6.92 Å². The minimum Gasteiger partial charge on any atom is -0.465 e. The second-order valence-corrected chi connectivity index (χ2v) is 4.66. The number of carbonyl (C=O) groups excluding carboxylic acids is 1. The Morgan fingerprint density at radius 1 is 1.44 bits per heavy atom. The second kappa shape index (κ2) is 5.50. The molecule has 2 atom stereocenters. The summed E-state index contributed by atoms with van der Waals surface area (Å²) in [6, 6.07) is 5.74. The van der Waals surface area contributed by atoms with E-state index in [1.807, 2.05) is 19.1 Å². The van der Waals surface area contributed by atoms with E-state index in [4.69, 9.17) is 9.47 Å². The van der Waals surface area contributed by atoms with E-state index in [-0.39, 0.29) is 18.2 Å². The molecule has 1 fully saturated rings. The molecular formula is C14H19NO3. The van der Waals surface area contributed by atoms with Crippen molar-refractivity contribution in [1.82, 2.24) is 5.32 Å². The van der Waals surface area contributed by atoms with Gasteiger partial charge in [0.25, 0.3) is 0 Å². The third kappa shape index (κ3) is 2.71. The highest BCUT2D eigenvalue weighted by Gasteiger charge is 2.21. The van der Waals surface area contributed by atoms with Gasteiger partial charge in [0.1, 0.15) is 0 Å². The Morgan fingerprint density at radius 3 is 2.83 bits per heavy atom. The number of carbonyl (C=O) groups is 1. The van der Waals surface area contributed by atoms with Gasteiger partial charge in [0.15, 0.2) is 0 Å². The third-order valence-electron chi connectivity index (χ3n) is 3.19. The zero-order chi connectivity index (χ0) is 13.1. The van der Waals surface area contributed by atoms with Crippen molar-refractivity contribution < 1.29 is 14.3 Å². The molecule has 98 valence electrons. The number of hydrogen-bond acceptors (Lipinski definition) is 4. The first-order valence-corrected chi connectivity index (χ1v) is 6.17. The molecule has 1 heterocycles. The van der Waals surface area contributed by atoms with E-state index in [9.17, 15) is 4.79 Å². The predicted octanol–water partition coefficient (Wildman–Crippen LogP) is 1.83. The Kier molecular flexibility index (Phi) is 3.99. The minimum atomic E-state index is -0.296.